The second-order valence-electron chi connectivity index (χ2n) is 3.75. The third kappa shape index (κ3) is 3.05. The van der Waals surface area contributed by atoms with Gasteiger partial charge in [0, 0.05) is 7.05 Å². The van der Waals surface area contributed by atoms with Crippen LogP contribution in [-0.2, 0) is 13.5 Å². The topological polar surface area (TPSA) is 46.0 Å². The van der Waals surface area contributed by atoms with Crippen LogP contribution in [0.2, 0.25) is 0 Å². The number of nitrogens with zero attached hydrogens (tertiary/aromatic N) is 4. The highest BCUT2D eigenvalue weighted by Crippen LogP contribution is 2.21. The van der Waals surface area contributed by atoms with Gasteiger partial charge in [-0.1, -0.05) is 30.3 Å². The summed E-state index contributed by atoms with van der Waals surface area (Å²) in [6, 6.07) is 9.72. The first-order chi connectivity index (χ1) is 7.81. The van der Waals surface area contributed by atoms with Crippen molar-refractivity contribution in [1.82, 2.24) is 9.55 Å². The fourth-order valence-corrected chi connectivity index (χ4v) is 1.73. The first-order valence-electron chi connectivity index (χ1n) is 5.15. The first kappa shape index (κ1) is 13.2. The molecule has 4 nitrogen and oxygen atoms in total. The van der Waals surface area contributed by atoms with Gasteiger partial charge >= 0.3 is 6.04 Å². The summed E-state index contributed by atoms with van der Waals surface area (Å²) < 4.78 is 1.87. The smallest absolute Gasteiger partial charge is 0.359 e. The Morgan fingerprint density at radius 1 is 1.35 bits per heavy atom. The maximum Gasteiger partial charge on any atom is 0.359 e. The van der Waals surface area contributed by atoms with E-state index in [0.29, 0.717) is 6.42 Å². The molecule has 0 radical (unpaired) electrons. The summed E-state index contributed by atoms with van der Waals surface area (Å²) in [5, 5.41) is 9.07. The summed E-state index contributed by atoms with van der Waals surface area (Å²) in [6.45, 7) is 0. The molecule has 0 N–H and O–H groups in total. The summed E-state index contributed by atoms with van der Waals surface area (Å²) in [6.07, 6.45) is 4.11. The van der Waals surface area contributed by atoms with E-state index in [9.17, 15) is 0 Å². The average Bonchev–Trinajstić information content (AvgIpc) is 2.74. The number of halogens is 1. The van der Waals surface area contributed by atoms with E-state index in [1.165, 1.54) is 0 Å². The van der Waals surface area contributed by atoms with Crippen LogP contribution in [0.15, 0.2) is 42.9 Å². The minimum Gasteiger partial charge on any atom is -1.00 e. The summed E-state index contributed by atoms with van der Waals surface area (Å²) in [5.74, 6) is 0. The van der Waals surface area contributed by atoms with Crippen LogP contribution in [0.5, 0.6) is 0 Å². The normalized spacial score (nSPS) is 11.3. The Labute approximate surface area is 106 Å². The molecule has 17 heavy (non-hydrogen) atoms. The molecule has 1 heterocycles. The molecule has 0 aliphatic carbocycles. The highest BCUT2D eigenvalue weighted by Gasteiger charge is 2.26. The van der Waals surface area contributed by atoms with Crippen LogP contribution in [-0.4, -0.2) is 9.55 Å². The van der Waals surface area contributed by atoms with E-state index in [1.54, 1.807) is 12.5 Å². The minimum atomic E-state index is -0.255. The highest BCUT2D eigenvalue weighted by molar-refractivity contribution is 5.20. The van der Waals surface area contributed by atoms with Gasteiger partial charge in [-0.05, 0) is 5.56 Å². The largest absolute Gasteiger partial charge is 1.00 e. The van der Waals surface area contributed by atoms with Crippen molar-refractivity contribution in [2.75, 3.05) is 0 Å². The van der Waals surface area contributed by atoms with E-state index in [-0.39, 0.29) is 18.4 Å². The number of aryl methyl sites for hydroxylation is 1. The average molecular weight is 249 g/mol. The van der Waals surface area contributed by atoms with E-state index < -0.39 is 0 Å². The van der Waals surface area contributed by atoms with Crippen LogP contribution in [0.4, 0.5) is 0 Å². The number of hydrogen-bond donors (Lipinski definition) is 0. The lowest BCUT2D eigenvalue weighted by Crippen LogP contribution is -3.00. The van der Waals surface area contributed by atoms with Crippen LogP contribution in [0.3, 0.4) is 0 Å². The Hall–Kier alpha value is -1.86. The minimum absolute atomic E-state index is 0. The number of rotatable bonds is 3. The van der Waals surface area contributed by atoms with Crippen LogP contribution < -0.4 is 12.4 Å². The number of imidazole rings is 1. The molecule has 0 aliphatic rings. The van der Waals surface area contributed by atoms with Gasteiger partial charge < -0.3 is 17.0 Å². The van der Waals surface area contributed by atoms with Crippen LogP contribution >= 0.6 is 0 Å². The number of diazo groups is 1. The molecule has 2 aromatic rings. The first-order valence-corrected chi connectivity index (χ1v) is 5.15. The maximum atomic E-state index is 9.07. The van der Waals surface area contributed by atoms with Gasteiger partial charge in [0.15, 0.2) is 0 Å². The van der Waals surface area contributed by atoms with Gasteiger partial charge in [-0.3, -0.25) is 0 Å². The molecule has 2 rings (SSSR count). The van der Waals surface area contributed by atoms with Crippen molar-refractivity contribution < 1.29 is 12.4 Å². The standard InChI is InChI=1S/C12H13N4.ClH/c1-16-9-14-8-12(16)11(15-13)7-10-5-3-2-4-6-10;/h2-6,8-9,11H,7H2,1H3;1H/q+1;/p-1. The third-order valence-corrected chi connectivity index (χ3v) is 2.61. The molecule has 0 saturated heterocycles. The zero-order chi connectivity index (χ0) is 11.4. The van der Waals surface area contributed by atoms with Crippen molar-refractivity contribution in [2.24, 2.45) is 7.05 Å². The van der Waals surface area contributed by atoms with E-state index in [0.717, 1.165) is 11.3 Å². The zero-order valence-corrected chi connectivity index (χ0v) is 10.2. The molecule has 1 aromatic heterocycles. The second kappa shape index (κ2) is 6.02. The Bertz CT molecular complexity index is 501. The molecule has 0 bridgehead atoms. The maximum absolute atomic E-state index is 9.07. The predicted octanol–water partition coefficient (Wildman–Crippen LogP) is -0.439. The molecule has 0 amide bonds. The molecule has 5 heteroatoms. The summed E-state index contributed by atoms with van der Waals surface area (Å²) in [7, 11) is 1.89. The van der Waals surface area contributed by atoms with Crippen molar-refractivity contribution in [3.63, 3.8) is 0 Å². The molecule has 1 unspecified atom stereocenters. The molecule has 0 saturated carbocycles. The SMILES string of the molecule is Cn1cncc1C(Cc1ccccc1)[N+]#N.[Cl-]. The van der Waals surface area contributed by atoms with Gasteiger partial charge in [-0.15, -0.1) is 0 Å². The van der Waals surface area contributed by atoms with Gasteiger partial charge in [0.2, 0.25) is 5.39 Å². The Kier molecular flexibility index (Phi) is 4.68. The van der Waals surface area contributed by atoms with E-state index in [4.69, 9.17) is 5.39 Å². The Balaban J connectivity index is 0.00000144. The number of aromatic nitrogens is 2. The molecule has 0 aliphatic heterocycles. The lowest BCUT2D eigenvalue weighted by molar-refractivity contribution is -0.00000363. The second-order valence-corrected chi connectivity index (χ2v) is 3.75. The van der Waals surface area contributed by atoms with Gasteiger partial charge in [0.05, 0.1) is 18.9 Å². The van der Waals surface area contributed by atoms with Crippen molar-refractivity contribution in [3.05, 3.63) is 59.1 Å². The molecule has 0 spiro atoms. The summed E-state index contributed by atoms with van der Waals surface area (Å²) >= 11 is 0. The van der Waals surface area contributed by atoms with Crippen molar-refractivity contribution >= 4 is 0 Å². The summed E-state index contributed by atoms with van der Waals surface area (Å²) in [4.78, 5) is 7.45. The monoisotopic (exact) mass is 248 g/mol. The highest BCUT2D eigenvalue weighted by atomic mass is 35.5. The molecule has 0 fully saturated rings. The molecule has 88 valence electrons. The Morgan fingerprint density at radius 3 is 2.59 bits per heavy atom. The number of hydrogen-bond acceptors (Lipinski definition) is 2. The zero-order valence-electron chi connectivity index (χ0n) is 9.49. The van der Waals surface area contributed by atoms with Crippen LogP contribution in [0.1, 0.15) is 17.3 Å². The van der Waals surface area contributed by atoms with Gasteiger partial charge in [-0.25, -0.2) is 4.98 Å². The van der Waals surface area contributed by atoms with Crippen molar-refractivity contribution in [1.29, 1.82) is 5.39 Å². The van der Waals surface area contributed by atoms with Crippen molar-refractivity contribution in [3.8, 4) is 0 Å². The lowest BCUT2D eigenvalue weighted by Gasteiger charge is -2.01. The third-order valence-electron chi connectivity index (χ3n) is 2.61. The molecule has 1 atom stereocenters. The molecule has 1 aromatic carbocycles. The predicted molar refractivity (Wildman–Crippen MR) is 61.2 cm³/mol. The van der Waals surface area contributed by atoms with Crippen molar-refractivity contribution in [2.45, 2.75) is 12.5 Å². The fraction of sp³-hybridized carbons (Fsp3) is 0.250. The quantitative estimate of drug-likeness (QED) is 0.692. The van der Waals surface area contributed by atoms with E-state index in [1.807, 2.05) is 41.9 Å². The van der Waals surface area contributed by atoms with Gasteiger partial charge in [0.1, 0.15) is 10.7 Å². The molecular formula is C12H13ClN4. The van der Waals surface area contributed by atoms with E-state index >= 15 is 0 Å². The lowest BCUT2D eigenvalue weighted by atomic mass is 10.0. The fourth-order valence-electron chi connectivity index (χ4n) is 1.73. The Morgan fingerprint density at radius 2 is 2.06 bits per heavy atom. The van der Waals surface area contributed by atoms with Crippen LogP contribution in [0, 0.1) is 5.39 Å². The van der Waals surface area contributed by atoms with Gasteiger partial charge in [0.25, 0.3) is 0 Å². The van der Waals surface area contributed by atoms with Crippen LogP contribution in [0.25, 0.3) is 4.98 Å². The number of benzene rings is 1. The summed E-state index contributed by atoms with van der Waals surface area (Å²) in [5.41, 5.74) is 2.05. The van der Waals surface area contributed by atoms with Gasteiger partial charge in [-0.2, -0.15) is 0 Å². The molecular weight excluding hydrogens is 236 g/mol. The van der Waals surface area contributed by atoms with E-state index in [2.05, 4.69) is 9.96 Å².